The summed E-state index contributed by atoms with van der Waals surface area (Å²) in [7, 11) is 0. The van der Waals surface area contributed by atoms with Gasteiger partial charge >= 0.3 is 0 Å². The number of hydrogen-bond donors (Lipinski definition) is 2. The number of aromatic nitrogens is 1. The van der Waals surface area contributed by atoms with E-state index in [9.17, 15) is 4.79 Å². The molecule has 1 heterocycles. The van der Waals surface area contributed by atoms with Crippen LogP contribution in [0.25, 0.3) is 0 Å². The Kier molecular flexibility index (Phi) is 7.77. The van der Waals surface area contributed by atoms with Gasteiger partial charge in [-0.3, -0.25) is 4.79 Å². The SMILES string of the molecule is CCCNc1cc(C(=O)NC(C)CSCC)c(Cl)cn1. The van der Waals surface area contributed by atoms with E-state index < -0.39 is 0 Å². The first-order valence-electron chi connectivity index (χ1n) is 6.86. The molecule has 4 nitrogen and oxygen atoms in total. The number of anilines is 1. The van der Waals surface area contributed by atoms with Crippen LogP contribution in [0.4, 0.5) is 5.82 Å². The highest BCUT2D eigenvalue weighted by Crippen LogP contribution is 2.18. The molecule has 0 fully saturated rings. The van der Waals surface area contributed by atoms with E-state index in [0.717, 1.165) is 24.5 Å². The standard InChI is InChI=1S/C14H22ClN3OS/c1-4-6-16-13-7-11(12(15)8-17-13)14(19)18-10(3)9-20-5-2/h7-8,10H,4-6,9H2,1-3H3,(H,16,17)(H,18,19). The molecule has 1 aromatic rings. The van der Waals surface area contributed by atoms with E-state index in [4.69, 9.17) is 11.6 Å². The Labute approximate surface area is 130 Å². The largest absolute Gasteiger partial charge is 0.370 e. The van der Waals surface area contributed by atoms with Gasteiger partial charge in [0.2, 0.25) is 0 Å². The highest BCUT2D eigenvalue weighted by Gasteiger charge is 2.14. The van der Waals surface area contributed by atoms with Gasteiger partial charge in [-0.2, -0.15) is 11.8 Å². The molecular weight excluding hydrogens is 294 g/mol. The molecule has 20 heavy (non-hydrogen) atoms. The van der Waals surface area contributed by atoms with Crippen molar-refractivity contribution in [2.75, 3.05) is 23.4 Å². The zero-order valence-electron chi connectivity index (χ0n) is 12.2. The molecule has 6 heteroatoms. The smallest absolute Gasteiger partial charge is 0.253 e. The molecule has 1 rings (SSSR count). The van der Waals surface area contributed by atoms with Crippen molar-refractivity contribution in [1.29, 1.82) is 0 Å². The Morgan fingerprint density at radius 2 is 2.25 bits per heavy atom. The van der Waals surface area contributed by atoms with Crippen molar-refractivity contribution in [1.82, 2.24) is 10.3 Å². The Bertz CT molecular complexity index is 442. The van der Waals surface area contributed by atoms with Gasteiger partial charge in [-0.15, -0.1) is 0 Å². The molecule has 0 aliphatic heterocycles. The van der Waals surface area contributed by atoms with Gasteiger partial charge in [0, 0.05) is 24.5 Å². The summed E-state index contributed by atoms with van der Waals surface area (Å²) in [6.45, 7) is 6.99. The third kappa shape index (κ3) is 5.59. The summed E-state index contributed by atoms with van der Waals surface area (Å²) >= 11 is 7.86. The number of nitrogens with one attached hydrogen (secondary N) is 2. The molecule has 0 saturated heterocycles. The van der Waals surface area contributed by atoms with Crippen molar-refractivity contribution in [3.8, 4) is 0 Å². The fourth-order valence-corrected chi connectivity index (χ4v) is 2.46. The number of pyridine rings is 1. The summed E-state index contributed by atoms with van der Waals surface area (Å²) in [6, 6.07) is 1.82. The summed E-state index contributed by atoms with van der Waals surface area (Å²) < 4.78 is 0. The number of amides is 1. The van der Waals surface area contributed by atoms with Gasteiger partial charge in [0.1, 0.15) is 5.82 Å². The van der Waals surface area contributed by atoms with Crippen LogP contribution in [0.2, 0.25) is 5.02 Å². The number of nitrogens with zero attached hydrogens (tertiary/aromatic N) is 1. The first-order valence-corrected chi connectivity index (χ1v) is 8.39. The Morgan fingerprint density at radius 3 is 2.90 bits per heavy atom. The lowest BCUT2D eigenvalue weighted by molar-refractivity contribution is 0.0944. The molecule has 0 saturated carbocycles. The van der Waals surface area contributed by atoms with Gasteiger partial charge in [0.05, 0.1) is 10.6 Å². The average molecular weight is 316 g/mol. The monoisotopic (exact) mass is 315 g/mol. The highest BCUT2D eigenvalue weighted by molar-refractivity contribution is 7.99. The van der Waals surface area contributed by atoms with Gasteiger partial charge < -0.3 is 10.6 Å². The van der Waals surface area contributed by atoms with E-state index >= 15 is 0 Å². The number of carbonyl (C=O) groups excluding carboxylic acids is 1. The van der Waals surface area contributed by atoms with Gasteiger partial charge in [-0.1, -0.05) is 25.4 Å². The quantitative estimate of drug-likeness (QED) is 0.771. The average Bonchev–Trinajstić information content (AvgIpc) is 2.44. The molecule has 2 N–H and O–H groups in total. The minimum absolute atomic E-state index is 0.115. The second-order valence-electron chi connectivity index (χ2n) is 4.51. The maximum Gasteiger partial charge on any atom is 0.253 e. The summed E-state index contributed by atoms with van der Waals surface area (Å²) in [5, 5.41) is 6.48. The van der Waals surface area contributed by atoms with Crippen LogP contribution in [0, 0.1) is 0 Å². The van der Waals surface area contributed by atoms with Gasteiger partial charge in [-0.25, -0.2) is 4.98 Å². The minimum Gasteiger partial charge on any atom is -0.370 e. The van der Waals surface area contributed by atoms with Crippen LogP contribution in [0.5, 0.6) is 0 Å². The predicted octanol–water partition coefficient (Wildman–Crippen LogP) is 3.43. The van der Waals surface area contributed by atoms with E-state index in [1.807, 2.05) is 6.92 Å². The molecule has 0 aliphatic carbocycles. The van der Waals surface area contributed by atoms with Crippen molar-refractivity contribution in [2.45, 2.75) is 33.2 Å². The van der Waals surface area contributed by atoms with Crippen LogP contribution in [-0.2, 0) is 0 Å². The summed E-state index contributed by atoms with van der Waals surface area (Å²) in [4.78, 5) is 16.4. The molecule has 0 spiro atoms. The Morgan fingerprint density at radius 1 is 1.50 bits per heavy atom. The molecule has 1 amide bonds. The van der Waals surface area contributed by atoms with Crippen molar-refractivity contribution < 1.29 is 4.79 Å². The molecule has 112 valence electrons. The molecule has 1 atom stereocenters. The van der Waals surface area contributed by atoms with Crippen molar-refractivity contribution in [2.24, 2.45) is 0 Å². The van der Waals surface area contributed by atoms with Crippen molar-refractivity contribution in [3.63, 3.8) is 0 Å². The summed E-state index contributed by atoms with van der Waals surface area (Å²) in [6.07, 6.45) is 2.51. The third-order valence-electron chi connectivity index (χ3n) is 2.61. The van der Waals surface area contributed by atoms with Crippen LogP contribution in [0.3, 0.4) is 0 Å². The predicted molar refractivity (Wildman–Crippen MR) is 88.0 cm³/mol. The Balaban J connectivity index is 2.70. The maximum atomic E-state index is 12.2. The highest BCUT2D eigenvalue weighted by atomic mass is 35.5. The fourth-order valence-electron chi connectivity index (χ4n) is 1.60. The summed E-state index contributed by atoms with van der Waals surface area (Å²) in [5.41, 5.74) is 0.466. The normalized spacial score (nSPS) is 12.0. The van der Waals surface area contributed by atoms with Crippen molar-refractivity contribution in [3.05, 3.63) is 22.8 Å². The minimum atomic E-state index is -0.152. The van der Waals surface area contributed by atoms with Crippen molar-refractivity contribution >= 4 is 35.1 Å². The molecule has 0 aromatic carbocycles. The molecule has 0 radical (unpaired) electrons. The summed E-state index contributed by atoms with van der Waals surface area (Å²) in [5.74, 6) is 2.46. The fraction of sp³-hybridized carbons (Fsp3) is 0.571. The number of halogens is 1. The number of hydrogen-bond acceptors (Lipinski definition) is 4. The molecule has 0 aliphatic rings. The lowest BCUT2D eigenvalue weighted by atomic mass is 10.2. The first-order chi connectivity index (χ1) is 9.58. The van der Waals surface area contributed by atoms with Gasteiger partial charge in [0.25, 0.3) is 5.91 Å². The van der Waals surface area contributed by atoms with Crippen LogP contribution in [0.1, 0.15) is 37.6 Å². The van der Waals surface area contributed by atoms with Crippen LogP contribution in [-0.4, -0.2) is 35.0 Å². The second-order valence-corrected chi connectivity index (χ2v) is 6.24. The topological polar surface area (TPSA) is 54.0 Å². The lowest BCUT2D eigenvalue weighted by Crippen LogP contribution is -2.34. The zero-order chi connectivity index (χ0) is 15.0. The molecular formula is C14H22ClN3OS. The number of carbonyl (C=O) groups is 1. The molecule has 1 unspecified atom stereocenters. The van der Waals surface area contributed by atoms with E-state index in [1.54, 1.807) is 17.8 Å². The Hall–Kier alpha value is -0.940. The van der Waals surface area contributed by atoms with Crippen LogP contribution in [0.15, 0.2) is 12.3 Å². The van der Waals surface area contributed by atoms with E-state index in [2.05, 4.69) is 29.5 Å². The van der Waals surface area contributed by atoms with E-state index in [0.29, 0.717) is 16.4 Å². The molecule has 0 bridgehead atoms. The number of thioether (sulfide) groups is 1. The first kappa shape index (κ1) is 17.1. The van der Waals surface area contributed by atoms with Crippen LogP contribution < -0.4 is 10.6 Å². The van der Waals surface area contributed by atoms with E-state index in [-0.39, 0.29) is 11.9 Å². The third-order valence-corrected chi connectivity index (χ3v) is 4.05. The zero-order valence-corrected chi connectivity index (χ0v) is 13.8. The maximum absolute atomic E-state index is 12.2. The van der Waals surface area contributed by atoms with Gasteiger partial charge in [0.15, 0.2) is 0 Å². The van der Waals surface area contributed by atoms with E-state index in [1.165, 1.54) is 6.20 Å². The second kappa shape index (κ2) is 9.08. The number of rotatable bonds is 8. The van der Waals surface area contributed by atoms with Crippen LogP contribution >= 0.6 is 23.4 Å². The lowest BCUT2D eigenvalue weighted by Gasteiger charge is -2.14. The molecule has 1 aromatic heterocycles. The van der Waals surface area contributed by atoms with Gasteiger partial charge in [-0.05, 0) is 25.2 Å².